The van der Waals surface area contributed by atoms with Crippen molar-refractivity contribution in [1.29, 1.82) is 0 Å². The largest absolute Gasteiger partial charge is 0.327 e. The van der Waals surface area contributed by atoms with Crippen molar-refractivity contribution in [2.75, 3.05) is 5.75 Å². The topological polar surface area (TPSA) is 86.2 Å². The highest BCUT2D eigenvalue weighted by Crippen LogP contribution is 1.80. The Hall–Kier alpha value is 0.160. The number of nitrogens with two attached hydrogens (primary N) is 2. The van der Waals surface area contributed by atoms with E-state index in [1.807, 2.05) is 0 Å². The molecule has 0 heterocycles. The van der Waals surface area contributed by atoms with Gasteiger partial charge in [-0.05, 0) is 6.92 Å². The molecular weight excluding hydrogens is 164 g/mol. The molecule has 9 heavy (non-hydrogen) atoms. The predicted molar refractivity (Wildman–Crippen MR) is 38.9 cm³/mol. The van der Waals surface area contributed by atoms with Crippen molar-refractivity contribution in [3.8, 4) is 0 Å². The van der Waals surface area contributed by atoms with Gasteiger partial charge in [0.15, 0.2) is 0 Å². The Bertz CT molecular complexity index is 153. The first kappa shape index (κ1) is 11.9. The maximum atomic E-state index is 10.1. The standard InChI is InChI=1S/C3H10N2O2S.ClH/c1-3(4)2-8(5,6)7;/h3H,2,4H2,1H3,(H2,5,6,7);1H/t3-;/m0./s1. The van der Waals surface area contributed by atoms with Gasteiger partial charge in [-0.25, -0.2) is 13.6 Å². The molecule has 0 spiro atoms. The van der Waals surface area contributed by atoms with E-state index in [9.17, 15) is 8.42 Å². The first-order chi connectivity index (χ1) is 3.42. The fraction of sp³-hybridized carbons (Fsp3) is 1.00. The van der Waals surface area contributed by atoms with E-state index in [0.717, 1.165) is 0 Å². The Morgan fingerprint density at radius 3 is 1.89 bits per heavy atom. The summed E-state index contributed by atoms with van der Waals surface area (Å²) in [5.41, 5.74) is 5.12. The fourth-order valence-corrected chi connectivity index (χ4v) is 1.10. The van der Waals surface area contributed by atoms with Gasteiger partial charge in [-0.3, -0.25) is 0 Å². The van der Waals surface area contributed by atoms with Crippen LogP contribution in [0, 0.1) is 0 Å². The van der Waals surface area contributed by atoms with E-state index in [-0.39, 0.29) is 24.2 Å². The normalized spacial score (nSPS) is 14.1. The second-order valence-electron chi connectivity index (χ2n) is 1.81. The van der Waals surface area contributed by atoms with Gasteiger partial charge in [-0.1, -0.05) is 0 Å². The van der Waals surface area contributed by atoms with E-state index >= 15 is 0 Å². The fourth-order valence-electron chi connectivity index (χ4n) is 0.366. The highest BCUT2D eigenvalue weighted by atomic mass is 35.5. The quantitative estimate of drug-likeness (QED) is 0.566. The molecule has 0 radical (unpaired) electrons. The number of primary sulfonamides is 1. The molecule has 6 heteroatoms. The van der Waals surface area contributed by atoms with Gasteiger partial charge >= 0.3 is 0 Å². The average Bonchev–Trinajstić information content (AvgIpc) is 1.21. The molecule has 0 aromatic carbocycles. The number of hydrogen-bond donors (Lipinski definition) is 2. The molecule has 4 N–H and O–H groups in total. The summed E-state index contributed by atoms with van der Waals surface area (Å²) in [4.78, 5) is 0. The van der Waals surface area contributed by atoms with Gasteiger partial charge in [0.25, 0.3) is 0 Å². The molecule has 0 aliphatic carbocycles. The van der Waals surface area contributed by atoms with Crippen LogP contribution in [-0.2, 0) is 10.0 Å². The van der Waals surface area contributed by atoms with Crippen LogP contribution in [0.2, 0.25) is 0 Å². The van der Waals surface area contributed by atoms with Crippen molar-refractivity contribution >= 4 is 22.4 Å². The van der Waals surface area contributed by atoms with E-state index < -0.39 is 10.0 Å². The van der Waals surface area contributed by atoms with Gasteiger partial charge in [0, 0.05) is 6.04 Å². The number of halogens is 1. The second-order valence-corrected chi connectivity index (χ2v) is 3.47. The summed E-state index contributed by atoms with van der Waals surface area (Å²) in [6, 6.07) is -0.370. The van der Waals surface area contributed by atoms with Crippen LogP contribution >= 0.6 is 12.4 Å². The molecule has 0 amide bonds. The van der Waals surface area contributed by atoms with Crippen LogP contribution in [0.3, 0.4) is 0 Å². The van der Waals surface area contributed by atoms with Crippen molar-refractivity contribution in [2.45, 2.75) is 13.0 Å². The van der Waals surface area contributed by atoms with Crippen molar-refractivity contribution in [1.82, 2.24) is 0 Å². The highest BCUT2D eigenvalue weighted by molar-refractivity contribution is 7.89. The minimum Gasteiger partial charge on any atom is -0.327 e. The number of sulfonamides is 1. The van der Waals surface area contributed by atoms with Gasteiger partial charge in [0.2, 0.25) is 10.0 Å². The van der Waals surface area contributed by atoms with Crippen LogP contribution in [0.15, 0.2) is 0 Å². The average molecular weight is 175 g/mol. The molecule has 0 unspecified atom stereocenters. The summed E-state index contributed by atoms with van der Waals surface area (Å²) in [7, 11) is -3.35. The summed E-state index contributed by atoms with van der Waals surface area (Å²) >= 11 is 0. The van der Waals surface area contributed by atoms with Gasteiger partial charge in [0.05, 0.1) is 5.75 Å². The molecule has 0 aliphatic rings. The zero-order valence-corrected chi connectivity index (χ0v) is 6.71. The van der Waals surface area contributed by atoms with E-state index in [4.69, 9.17) is 5.73 Å². The van der Waals surface area contributed by atoms with Crippen molar-refractivity contribution in [3.05, 3.63) is 0 Å². The van der Waals surface area contributed by atoms with Crippen LogP contribution in [0.4, 0.5) is 0 Å². The molecule has 1 atom stereocenters. The first-order valence-corrected chi connectivity index (χ1v) is 3.89. The lowest BCUT2D eigenvalue weighted by Gasteiger charge is -1.99. The number of hydrogen-bond acceptors (Lipinski definition) is 3. The molecule has 0 rings (SSSR count). The van der Waals surface area contributed by atoms with Gasteiger partial charge in [-0.15, -0.1) is 12.4 Å². The summed E-state index contributed by atoms with van der Waals surface area (Å²) in [6.45, 7) is 1.59. The SMILES string of the molecule is C[C@H](N)CS(N)(=O)=O.Cl. The highest BCUT2D eigenvalue weighted by Gasteiger charge is 2.04. The van der Waals surface area contributed by atoms with Crippen LogP contribution in [0.5, 0.6) is 0 Å². The van der Waals surface area contributed by atoms with Crippen LogP contribution < -0.4 is 10.9 Å². The van der Waals surface area contributed by atoms with E-state index in [2.05, 4.69) is 5.14 Å². The summed E-state index contributed by atoms with van der Waals surface area (Å²) in [5, 5.41) is 4.63. The summed E-state index contributed by atoms with van der Waals surface area (Å²) < 4.78 is 20.3. The molecule has 0 aromatic rings. The predicted octanol–water partition coefficient (Wildman–Crippen LogP) is -0.956. The van der Waals surface area contributed by atoms with Gasteiger partial charge in [-0.2, -0.15) is 0 Å². The van der Waals surface area contributed by atoms with Gasteiger partial charge in [0.1, 0.15) is 0 Å². The minimum atomic E-state index is -3.35. The molecule has 0 fully saturated rings. The third-order valence-corrected chi connectivity index (χ3v) is 1.49. The molecule has 0 aromatic heterocycles. The van der Waals surface area contributed by atoms with Crippen LogP contribution in [-0.4, -0.2) is 20.2 Å². The molecule has 4 nitrogen and oxygen atoms in total. The molecule has 58 valence electrons. The Morgan fingerprint density at radius 1 is 1.56 bits per heavy atom. The summed E-state index contributed by atoms with van der Waals surface area (Å²) in [5.74, 6) is -0.146. The van der Waals surface area contributed by atoms with E-state index in [0.29, 0.717) is 0 Å². The Kier molecular flexibility index (Phi) is 5.36. The van der Waals surface area contributed by atoms with Gasteiger partial charge < -0.3 is 5.73 Å². The lowest BCUT2D eigenvalue weighted by atomic mass is 10.4. The minimum absolute atomic E-state index is 0. The molecule has 0 aliphatic heterocycles. The van der Waals surface area contributed by atoms with Crippen molar-refractivity contribution < 1.29 is 8.42 Å². The molecule has 0 saturated carbocycles. The van der Waals surface area contributed by atoms with E-state index in [1.165, 1.54) is 0 Å². The van der Waals surface area contributed by atoms with E-state index in [1.54, 1.807) is 6.92 Å². The third-order valence-electron chi connectivity index (χ3n) is 0.495. The number of rotatable bonds is 2. The Labute approximate surface area is 61.1 Å². The first-order valence-electron chi connectivity index (χ1n) is 2.18. The molecule has 0 saturated heterocycles. The molecule has 0 bridgehead atoms. The zero-order valence-electron chi connectivity index (χ0n) is 5.07. The smallest absolute Gasteiger partial charge is 0.210 e. The maximum absolute atomic E-state index is 10.1. The summed E-state index contributed by atoms with van der Waals surface area (Å²) in [6.07, 6.45) is 0. The third kappa shape index (κ3) is 11.6. The maximum Gasteiger partial charge on any atom is 0.210 e. The second kappa shape index (κ2) is 4.05. The lowest BCUT2D eigenvalue weighted by Crippen LogP contribution is -2.30. The Balaban J connectivity index is 0. The zero-order chi connectivity index (χ0) is 6.78. The Morgan fingerprint density at radius 2 is 1.89 bits per heavy atom. The lowest BCUT2D eigenvalue weighted by molar-refractivity contribution is 0.592. The van der Waals surface area contributed by atoms with Crippen LogP contribution in [0.25, 0.3) is 0 Å². The monoisotopic (exact) mass is 174 g/mol. The van der Waals surface area contributed by atoms with Crippen molar-refractivity contribution in [3.63, 3.8) is 0 Å². The van der Waals surface area contributed by atoms with Crippen LogP contribution in [0.1, 0.15) is 6.92 Å². The van der Waals surface area contributed by atoms with Crippen molar-refractivity contribution in [2.24, 2.45) is 10.9 Å². The molecular formula is C3H11ClN2O2S.